The van der Waals surface area contributed by atoms with Gasteiger partial charge in [0.1, 0.15) is 5.15 Å². The van der Waals surface area contributed by atoms with E-state index in [1.807, 2.05) is 62.4 Å². The predicted octanol–water partition coefficient (Wildman–Crippen LogP) is 7.39. The lowest BCUT2D eigenvalue weighted by atomic mass is 9.79. The number of para-hydroxylation sites is 2. The fraction of sp³-hybridized carbons (Fsp3) is 0.118. The van der Waals surface area contributed by atoms with Gasteiger partial charge in [0.15, 0.2) is 0 Å². The second-order valence-electron chi connectivity index (χ2n) is 9.73. The zero-order valence-corrected chi connectivity index (χ0v) is 23.9. The van der Waals surface area contributed by atoms with Gasteiger partial charge in [-0.1, -0.05) is 84.4 Å². The van der Waals surface area contributed by atoms with Gasteiger partial charge < -0.3 is 10.0 Å². The number of hydrogen-bond donors (Lipinski definition) is 2. The topological polar surface area (TPSA) is 66.2 Å². The summed E-state index contributed by atoms with van der Waals surface area (Å²) in [6.45, 7) is 8.21. The molecule has 4 aromatic carbocycles. The van der Waals surface area contributed by atoms with Crippen LogP contribution in [0.2, 0.25) is 5.15 Å². The summed E-state index contributed by atoms with van der Waals surface area (Å²) >= 11 is 5.71. The molecule has 6 heteroatoms. The van der Waals surface area contributed by atoms with Gasteiger partial charge in [0.25, 0.3) is 0 Å². The lowest BCUT2D eigenvalue weighted by Gasteiger charge is -2.06. The van der Waals surface area contributed by atoms with Crippen molar-refractivity contribution in [3.05, 3.63) is 137 Å². The molecule has 2 heterocycles. The van der Waals surface area contributed by atoms with Crippen molar-refractivity contribution in [2.75, 3.05) is 0 Å². The number of aryl methyl sites for hydroxylation is 4. The Balaban J connectivity index is 0.000000146. The number of aromatic nitrogens is 2. The van der Waals surface area contributed by atoms with Crippen molar-refractivity contribution in [3.63, 3.8) is 0 Å². The van der Waals surface area contributed by atoms with E-state index in [0.29, 0.717) is 10.6 Å². The van der Waals surface area contributed by atoms with Crippen molar-refractivity contribution >= 4 is 46.0 Å². The molecule has 2 aromatic heterocycles. The van der Waals surface area contributed by atoms with Crippen LogP contribution in [0.3, 0.4) is 0 Å². The maximum Gasteiger partial charge on any atom is 0.488 e. The third-order valence-electron chi connectivity index (χ3n) is 6.79. The van der Waals surface area contributed by atoms with Gasteiger partial charge in [0.2, 0.25) is 0 Å². The molecule has 0 aliphatic carbocycles. The predicted molar refractivity (Wildman–Crippen MR) is 169 cm³/mol. The van der Waals surface area contributed by atoms with Gasteiger partial charge >= 0.3 is 7.12 Å². The fourth-order valence-electron chi connectivity index (χ4n) is 4.09. The first-order valence-corrected chi connectivity index (χ1v) is 13.5. The summed E-state index contributed by atoms with van der Waals surface area (Å²) < 4.78 is 0. The molecule has 4 nitrogen and oxygen atoms in total. The SMILES string of the molecule is Cc1ccc(-c2ccc3ccccc3n2)cc1C.Cc1ccc(B(O)O)cc1C.Clc1ccc2ccccc2n1. The lowest BCUT2D eigenvalue weighted by Crippen LogP contribution is -2.29. The van der Waals surface area contributed by atoms with E-state index >= 15 is 0 Å². The maximum atomic E-state index is 8.79. The van der Waals surface area contributed by atoms with Crippen LogP contribution in [-0.4, -0.2) is 27.1 Å². The van der Waals surface area contributed by atoms with Gasteiger partial charge in [0, 0.05) is 16.3 Å². The van der Waals surface area contributed by atoms with Gasteiger partial charge in [-0.2, -0.15) is 0 Å². The molecule has 6 rings (SSSR count). The van der Waals surface area contributed by atoms with E-state index in [1.165, 1.54) is 22.1 Å². The Morgan fingerprint density at radius 1 is 0.550 bits per heavy atom. The highest BCUT2D eigenvalue weighted by atomic mass is 35.5. The molecule has 0 amide bonds. The van der Waals surface area contributed by atoms with E-state index in [1.54, 1.807) is 18.2 Å². The second kappa shape index (κ2) is 13.4. The largest absolute Gasteiger partial charge is 0.488 e. The Hall–Kier alpha value is -4.03. The van der Waals surface area contributed by atoms with E-state index < -0.39 is 7.12 Å². The summed E-state index contributed by atoms with van der Waals surface area (Å²) in [5.74, 6) is 0. The highest BCUT2D eigenvalue weighted by Gasteiger charge is 2.10. The molecule has 200 valence electrons. The number of pyridine rings is 2. The van der Waals surface area contributed by atoms with Crippen LogP contribution >= 0.6 is 11.6 Å². The summed E-state index contributed by atoms with van der Waals surface area (Å²) in [7, 11) is -1.35. The van der Waals surface area contributed by atoms with Crippen molar-refractivity contribution in [2.45, 2.75) is 27.7 Å². The maximum absolute atomic E-state index is 8.79. The van der Waals surface area contributed by atoms with E-state index in [2.05, 4.69) is 61.3 Å². The summed E-state index contributed by atoms with van der Waals surface area (Å²) in [5, 5.41) is 20.4. The van der Waals surface area contributed by atoms with Crippen molar-refractivity contribution in [1.82, 2.24) is 9.97 Å². The number of nitrogens with zero attached hydrogens (tertiary/aromatic N) is 2. The molecule has 0 radical (unpaired) electrons. The third kappa shape index (κ3) is 7.54. The average molecular weight is 547 g/mol. The minimum atomic E-state index is -1.35. The fourth-order valence-corrected chi connectivity index (χ4v) is 4.25. The minimum Gasteiger partial charge on any atom is -0.423 e. The molecule has 0 fully saturated rings. The molecule has 0 unspecified atom stereocenters. The minimum absolute atomic E-state index is 0.545. The standard InChI is InChI=1S/C17H15N.C9H6ClN.C8H11BO2/c1-12-7-8-15(11-13(12)2)17-10-9-14-5-3-4-6-16(14)18-17;10-9-6-5-7-3-1-2-4-8(7)11-9;1-6-3-4-8(9(10)11)5-7(6)2/h3-11H,1-2H3;1-6H;3-5,10-11H,1-2H3. The molecule has 0 saturated heterocycles. The van der Waals surface area contributed by atoms with Gasteiger partial charge in [-0.25, -0.2) is 9.97 Å². The molecule has 0 atom stereocenters. The normalized spacial score (nSPS) is 10.4. The quantitative estimate of drug-likeness (QED) is 0.175. The number of rotatable bonds is 2. The first-order valence-electron chi connectivity index (χ1n) is 13.1. The Bertz CT molecular complexity index is 1750. The van der Waals surface area contributed by atoms with Crippen LogP contribution in [0.1, 0.15) is 22.3 Å². The Labute approximate surface area is 241 Å². The van der Waals surface area contributed by atoms with Crippen molar-refractivity contribution < 1.29 is 10.0 Å². The number of halogens is 1. The van der Waals surface area contributed by atoms with E-state index in [0.717, 1.165) is 33.2 Å². The number of fused-ring (bicyclic) bond motifs is 2. The molecule has 0 aliphatic rings. The van der Waals surface area contributed by atoms with Crippen LogP contribution in [0.15, 0.2) is 109 Å². The third-order valence-corrected chi connectivity index (χ3v) is 7.01. The molecule has 0 bridgehead atoms. The van der Waals surface area contributed by atoms with Crippen LogP contribution in [0.25, 0.3) is 33.1 Å². The van der Waals surface area contributed by atoms with Crippen LogP contribution in [0, 0.1) is 27.7 Å². The first kappa shape index (κ1) is 29.0. The van der Waals surface area contributed by atoms with Crippen molar-refractivity contribution in [3.8, 4) is 11.3 Å². The van der Waals surface area contributed by atoms with E-state index in [-0.39, 0.29) is 0 Å². The highest BCUT2D eigenvalue weighted by Crippen LogP contribution is 2.23. The summed E-state index contributed by atoms with van der Waals surface area (Å²) in [6, 6.07) is 36.0. The van der Waals surface area contributed by atoms with Crippen molar-refractivity contribution in [2.24, 2.45) is 0 Å². The average Bonchev–Trinajstić information content (AvgIpc) is 2.96. The zero-order valence-electron chi connectivity index (χ0n) is 23.1. The number of hydrogen-bond acceptors (Lipinski definition) is 4. The molecular weight excluding hydrogens is 515 g/mol. The lowest BCUT2D eigenvalue weighted by molar-refractivity contribution is 0.425. The van der Waals surface area contributed by atoms with Gasteiger partial charge in [-0.15, -0.1) is 0 Å². The highest BCUT2D eigenvalue weighted by molar-refractivity contribution is 6.58. The van der Waals surface area contributed by atoms with Crippen molar-refractivity contribution in [1.29, 1.82) is 0 Å². The Morgan fingerprint density at radius 3 is 1.70 bits per heavy atom. The number of benzene rings is 4. The Kier molecular flexibility index (Phi) is 9.67. The summed E-state index contributed by atoms with van der Waals surface area (Å²) in [4.78, 5) is 8.86. The van der Waals surface area contributed by atoms with E-state index in [9.17, 15) is 0 Å². The second-order valence-corrected chi connectivity index (χ2v) is 10.1. The van der Waals surface area contributed by atoms with E-state index in [4.69, 9.17) is 26.6 Å². The van der Waals surface area contributed by atoms with Crippen LogP contribution < -0.4 is 5.46 Å². The molecule has 40 heavy (non-hydrogen) atoms. The van der Waals surface area contributed by atoms with Gasteiger partial charge in [-0.3, -0.25) is 0 Å². The van der Waals surface area contributed by atoms with Crippen LogP contribution in [0.4, 0.5) is 0 Å². The monoisotopic (exact) mass is 546 g/mol. The van der Waals surface area contributed by atoms with Gasteiger partial charge in [-0.05, 0) is 91.8 Å². The summed E-state index contributed by atoms with van der Waals surface area (Å²) in [6.07, 6.45) is 0. The van der Waals surface area contributed by atoms with Crippen LogP contribution in [-0.2, 0) is 0 Å². The molecule has 2 N–H and O–H groups in total. The molecule has 0 aliphatic heterocycles. The Morgan fingerprint density at radius 2 is 1.10 bits per heavy atom. The van der Waals surface area contributed by atoms with Gasteiger partial charge in [0.05, 0.1) is 16.7 Å². The smallest absolute Gasteiger partial charge is 0.423 e. The molecule has 6 aromatic rings. The summed E-state index contributed by atoms with van der Waals surface area (Å²) in [5.41, 5.74) is 9.63. The molecular formula is C34H32BClN2O2. The van der Waals surface area contributed by atoms with Crippen LogP contribution in [0.5, 0.6) is 0 Å². The first-order chi connectivity index (χ1) is 19.2. The molecule has 0 saturated carbocycles. The molecule has 0 spiro atoms. The zero-order chi connectivity index (χ0) is 28.6.